The molecule has 1 aliphatic carbocycles. The Bertz CT molecular complexity index is 1070. The number of halogens is 1. The van der Waals surface area contributed by atoms with E-state index in [2.05, 4.69) is 51.7 Å². The van der Waals surface area contributed by atoms with Crippen molar-refractivity contribution in [3.05, 3.63) is 82.2 Å². The molecule has 0 saturated carbocycles. The summed E-state index contributed by atoms with van der Waals surface area (Å²) < 4.78 is 1.95. The summed E-state index contributed by atoms with van der Waals surface area (Å²) in [6, 6.07) is 9.70. The highest BCUT2D eigenvalue weighted by atomic mass is 35.5. The molecule has 166 valence electrons. The number of terminal acetylenes is 1. The maximum Gasteiger partial charge on any atom is 0.0946 e. The Hall–Kier alpha value is -2.95. The van der Waals surface area contributed by atoms with Gasteiger partial charge in [-0.3, -0.25) is 4.98 Å². The number of piperazine rings is 1. The number of aryl methyl sites for hydroxylation is 1. The molecule has 7 heteroatoms. The zero-order valence-electron chi connectivity index (χ0n) is 18.3. The quantitative estimate of drug-likeness (QED) is 0.525. The van der Waals surface area contributed by atoms with Crippen LogP contribution in [0, 0.1) is 12.8 Å². The van der Waals surface area contributed by atoms with Crippen LogP contribution < -0.4 is 16.4 Å². The molecule has 2 aliphatic rings. The van der Waals surface area contributed by atoms with Crippen LogP contribution in [-0.4, -0.2) is 40.7 Å². The van der Waals surface area contributed by atoms with Crippen LogP contribution in [-0.2, 0) is 13.5 Å². The molecule has 5 rings (SSSR count). The molecule has 0 radical (unpaired) electrons. The van der Waals surface area contributed by atoms with Gasteiger partial charge in [-0.2, -0.15) is 0 Å². The number of benzene rings is 1. The zero-order chi connectivity index (χ0) is 22.9. The van der Waals surface area contributed by atoms with E-state index in [9.17, 15) is 0 Å². The summed E-state index contributed by atoms with van der Waals surface area (Å²) in [5, 5.41) is 7.15. The number of nitrogens with zero attached hydrogens (tertiary/aromatic N) is 3. The largest absolute Gasteiger partial charge is 0.336 e. The van der Waals surface area contributed by atoms with Crippen LogP contribution in [0.25, 0.3) is 11.6 Å². The van der Waals surface area contributed by atoms with Gasteiger partial charge in [0, 0.05) is 50.9 Å². The van der Waals surface area contributed by atoms with E-state index in [1.165, 1.54) is 5.56 Å². The van der Waals surface area contributed by atoms with Gasteiger partial charge in [0.1, 0.15) is 0 Å². The van der Waals surface area contributed by atoms with Crippen LogP contribution in [0.3, 0.4) is 0 Å². The molecule has 1 fully saturated rings. The molecule has 0 spiro atoms. The minimum Gasteiger partial charge on any atom is -0.336 e. The summed E-state index contributed by atoms with van der Waals surface area (Å²) in [5.74, 6) is 0. The highest BCUT2D eigenvalue weighted by molar-refractivity contribution is 6.30. The van der Waals surface area contributed by atoms with Gasteiger partial charge in [0.15, 0.2) is 0 Å². The number of pyridine rings is 1. The fourth-order valence-electron chi connectivity index (χ4n) is 3.81. The van der Waals surface area contributed by atoms with Gasteiger partial charge in [-0.05, 0) is 46.5 Å². The molecule has 1 aromatic carbocycles. The van der Waals surface area contributed by atoms with Crippen LogP contribution in [0.2, 0.25) is 5.02 Å². The highest BCUT2D eigenvalue weighted by Gasteiger charge is 2.23. The predicted octanol–water partition coefficient (Wildman–Crippen LogP) is 3.04. The van der Waals surface area contributed by atoms with E-state index >= 15 is 0 Å². The van der Waals surface area contributed by atoms with Crippen molar-refractivity contribution in [2.24, 2.45) is 12.8 Å². The molecular weight excluding hydrogens is 420 g/mol. The summed E-state index contributed by atoms with van der Waals surface area (Å²) in [4.78, 5) is 8.73. The Balaban J connectivity index is 0.000000309. The van der Waals surface area contributed by atoms with Crippen molar-refractivity contribution < 1.29 is 0 Å². The third kappa shape index (κ3) is 5.64. The summed E-state index contributed by atoms with van der Waals surface area (Å²) in [6.07, 6.45) is 16.3. The summed E-state index contributed by atoms with van der Waals surface area (Å²) in [5.41, 5.74) is 13.0. The minimum atomic E-state index is -0.291. The van der Waals surface area contributed by atoms with Gasteiger partial charge < -0.3 is 20.9 Å². The highest BCUT2D eigenvalue weighted by Crippen LogP contribution is 2.37. The number of rotatable bonds is 2. The molecule has 1 aliphatic heterocycles. The molecule has 4 N–H and O–H groups in total. The lowest BCUT2D eigenvalue weighted by Gasteiger charge is -2.18. The van der Waals surface area contributed by atoms with E-state index in [1.54, 1.807) is 6.33 Å². The van der Waals surface area contributed by atoms with Gasteiger partial charge in [0.05, 0.1) is 30.0 Å². The van der Waals surface area contributed by atoms with Crippen molar-refractivity contribution in [1.29, 1.82) is 0 Å². The van der Waals surface area contributed by atoms with Crippen LogP contribution in [0.5, 0.6) is 0 Å². The van der Waals surface area contributed by atoms with Crippen molar-refractivity contribution in [1.82, 2.24) is 25.2 Å². The van der Waals surface area contributed by atoms with Crippen LogP contribution in [0.15, 0.2) is 49.1 Å². The Labute approximate surface area is 194 Å². The Morgan fingerprint density at radius 2 is 1.84 bits per heavy atom. The van der Waals surface area contributed by atoms with Gasteiger partial charge in [0.25, 0.3) is 0 Å². The van der Waals surface area contributed by atoms with E-state index in [0.29, 0.717) is 5.02 Å². The maximum atomic E-state index is 6.61. The van der Waals surface area contributed by atoms with Gasteiger partial charge >= 0.3 is 0 Å². The van der Waals surface area contributed by atoms with Crippen molar-refractivity contribution in [3.8, 4) is 12.8 Å². The first-order valence-corrected chi connectivity index (χ1v) is 10.9. The third-order valence-electron chi connectivity index (χ3n) is 5.44. The fourth-order valence-corrected chi connectivity index (χ4v) is 3.99. The second-order valence-electron chi connectivity index (χ2n) is 7.52. The lowest BCUT2D eigenvalue weighted by Crippen LogP contribution is -2.39. The number of imidazole rings is 1. The number of hydrogen-bond donors (Lipinski definition) is 3. The van der Waals surface area contributed by atoms with Gasteiger partial charge in [-0.25, -0.2) is 4.98 Å². The normalized spacial score (nSPS) is 15.3. The van der Waals surface area contributed by atoms with Crippen LogP contribution in [0.1, 0.15) is 34.1 Å². The van der Waals surface area contributed by atoms with E-state index in [-0.39, 0.29) is 6.04 Å². The Morgan fingerprint density at radius 1 is 1.12 bits per heavy atom. The van der Waals surface area contributed by atoms with Crippen molar-refractivity contribution >= 4 is 23.3 Å². The summed E-state index contributed by atoms with van der Waals surface area (Å²) in [7, 11) is 1.95. The van der Waals surface area contributed by atoms with Crippen molar-refractivity contribution in [2.75, 3.05) is 26.2 Å². The molecule has 3 aromatic rings. The summed E-state index contributed by atoms with van der Waals surface area (Å²) >= 11 is 6.27. The van der Waals surface area contributed by atoms with E-state index in [4.69, 9.17) is 17.3 Å². The average Bonchev–Trinajstić information content (AvgIpc) is 3.20. The predicted molar refractivity (Wildman–Crippen MR) is 132 cm³/mol. The lowest BCUT2D eigenvalue weighted by atomic mass is 9.92. The van der Waals surface area contributed by atoms with Gasteiger partial charge in [-0.15, -0.1) is 12.8 Å². The van der Waals surface area contributed by atoms with Crippen LogP contribution in [0.4, 0.5) is 0 Å². The van der Waals surface area contributed by atoms with E-state index < -0.39 is 0 Å². The molecule has 6 nitrogen and oxygen atoms in total. The maximum absolute atomic E-state index is 6.61. The summed E-state index contributed by atoms with van der Waals surface area (Å²) in [6.45, 7) is 4.56. The molecule has 3 heterocycles. The minimum absolute atomic E-state index is 0.291. The fraction of sp³-hybridized carbons (Fsp3) is 0.280. The Morgan fingerprint density at radius 3 is 2.47 bits per heavy atom. The average molecular weight is 449 g/mol. The lowest BCUT2D eigenvalue weighted by molar-refractivity contribution is 0.534. The number of fused-ring (bicyclic) bond motifs is 2. The molecule has 1 atom stereocenters. The van der Waals surface area contributed by atoms with Crippen LogP contribution >= 0.6 is 11.6 Å². The first-order chi connectivity index (χ1) is 15.6. The Kier molecular flexibility index (Phi) is 8.60. The number of nitrogens with two attached hydrogens (primary N) is 1. The molecule has 0 bridgehead atoms. The third-order valence-corrected chi connectivity index (χ3v) is 5.68. The standard InChI is InChI=1S/C19H17ClN4.C4H10N2.C2H2/c1-24-11-22-10-18(24)19(21)16-7-13-3-2-6-23-17(13)8-12-4-5-14(20)9-15(12)16;1-2-6-4-3-5-1;1-2/h2-7,9-11,19H,8,21H2,1H3;5-6H,1-4H2;1-2H/t19-;;/m1../s1. The molecular formula is C25H29ClN6. The number of hydrogen-bond acceptors (Lipinski definition) is 5. The number of nitrogens with one attached hydrogen (secondary N) is 2. The molecule has 32 heavy (non-hydrogen) atoms. The van der Waals surface area contributed by atoms with Gasteiger partial charge in [0.2, 0.25) is 0 Å². The van der Waals surface area contributed by atoms with E-state index in [0.717, 1.165) is 60.7 Å². The molecule has 0 unspecified atom stereocenters. The first kappa shape index (κ1) is 23.7. The SMILES string of the molecule is C#C.C1CNCCN1.Cn1cncc1[C@H](N)C1=Cc2cccnc2Cc2ccc(Cl)cc21. The molecule has 0 amide bonds. The smallest absolute Gasteiger partial charge is 0.0946 e. The van der Waals surface area contributed by atoms with Gasteiger partial charge in [-0.1, -0.05) is 23.7 Å². The monoisotopic (exact) mass is 448 g/mol. The number of aromatic nitrogens is 3. The topological polar surface area (TPSA) is 80.8 Å². The molecule has 1 saturated heterocycles. The van der Waals surface area contributed by atoms with Crippen molar-refractivity contribution in [3.63, 3.8) is 0 Å². The first-order valence-electron chi connectivity index (χ1n) is 10.5. The van der Waals surface area contributed by atoms with Crippen molar-refractivity contribution in [2.45, 2.75) is 12.5 Å². The second-order valence-corrected chi connectivity index (χ2v) is 7.96. The second kappa shape index (κ2) is 11.6. The molecule has 2 aromatic heterocycles. The zero-order valence-corrected chi connectivity index (χ0v) is 19.0. The van der Waals surface area contributed by atoms with E-state index in [1.807, 2.05) is 42.2 Å².